The zero-order valence-corrected chi connectivity index (χ0v) is 30.9. The monoisotopic (exact) mass is 699 g/mol. The third kappa shape index (κ3) is 7.35. The van der Waals surface area contributed by atoms with Gasteiger partial charge in [0.2, 0.25) is 0 Å². The van der Waals surface area contributed by atoms with Crippen LogP contribution in [0.2, 0.25) is 23.2 Å². The van der Waals surface area contributed by atoms with Crippen LogP contribution in [0, 0.1) is 0 Å². The quantitative estimate of drug-likeness (QED) is 0.183. The van der Waals surface area contributed by atoms with Crippen LogP contribution < -0.4 is 10.1 Å². The largest absolute Gasteiger partial charge is 0.444 e. The summed E-state index contributed by atoms with van der Waals surface area (Å²) < 4.78 is 46.1. The maximum Gasteiger partial charge on any atom is 0.408 e. The predicted octanol–water partition coefficient (Wildman–Crippen LogP) is 9.56. The molecular formula is C35H44ClF2N5O4Si. The van der Waals surface area contributed by atoms with E-state index in [0.717, 1.165) is 16.6 Å². The zero-order valence-electron chi connectivity index (χ0n) is 29.1. The van der Waals surface area contributed by atoms with E-state index in [-0.39, 0.29) is 22.2 Å². The highest BCUT2D eigenvalue weighted by Gasteiger charge is 2.43. The van der Waals surface area contributed by atoms with E-state index in [2.05, 4.69) is 39.2 Å². The van der Waals surface area contributed by atoms with Gasteiger partial charge in [-0.05, 0) is 82.6 Å². The molecule has 258 valence electrons. The van der Waals surface area contributed by atoms with Crippen LogP contribution in [0.25, 0.3) is 22.2 Å². The minimum atomic E-state index is -3.05. The average Bonchev–Trinajstić information content (AvgIpc) is 3.48. The first-order chi connectivity index (χ1) is 22.2. The van der Waals surface area contributed by atoms with Crippen molar-refractivity contribution < 1.29 is 27.5 Å². The normalized spacial score (nSPS) is 17.1. The number of rotatable bonds is 8. The van der Waals surface area contributed by atoms with Gasteiger partial charge in [-0.25, -0.2) is 19.7 Å². The Morgan fingerprint density at radius 3 is 2.29 bits per heavy atom. The molecule has 9 nitrogen and oxygen atoms in total. The topological polar surface area (TPSA) is 100 Å². The molecule has 4 aromatic rings. The number of alkyl halides is 2. The number of imidazole rings is 1. The van der Waals surface area contributed by atoms with Crippen molar-refractivity contribution in [2.75, 3.05) is 0 Å². The Morgan fingerprint density at radius 2 is 1.69 bits per heavy atom. The molecule has 0 bridgehead atoms. The number of aromatic nitrogens is 4. The van der Waals surface area contributed by atoms with Gasteiger partial charge in [0.1, 0.15) is 22.8 Å². The van der Waals surface area contributed by atoms with E-state index >= 15 is 0 Å². The first-order valence-corrected chi connectivity index (χ1v) is 19.2. The van der Waals surface area contributed by atoms with Crippen molar-refractivity contribution in [3.8, 4) is 16.9 Å². The number of nitrogens with zero attached hydrogens (tertiary/aromatic N) is 4. The highest BCUT2D eigenvalue weighted by molar-refractivity contribution is 6.74. The summed E-state index contributed by atoms with van der Waals surface area (Å²) in [5.41, 5.74) is 1.93. The minimum absolute atomic E-state index is 0.0285. The number of carbonyl (C=O) groups is 1. The number of fused-ring (bicyclic) bond motifs is 3. The SMILES string of the molecule is CC(C)(C)OC(=O)N[C@@H]1CC(c2c(Cl)cccc2OC(F)F)n2c1nc1ccc(-c3cnc(C(C)(C)O[Si](C)(C)C(C)(C)C)nc3)cc12. The van der Waals surface area contributed by atoms with E-state index in [1.807, 2.05) is 36.6 Å². The van der Waals surface area contributed by atoms with Gasteiger partial charge in [0.05, 0.1) is 23.1 Å². The molecule has 0 aliphatic carbocycles. The molecule has 3 heterocycles. The Balaban J connectivity index is 1.56. The second-order valence-corrected chi connectivity index (χ2v) is 20.3. The van der Waals surface area contributed by atoms with E-state index in [4.69, 9.17) is 40.5 Å². The van der Waals surface area contributed by atoms with Gasteiger partial charge >= 0.3 is 12.7 Å². The van der Waals surface area contributed by atoms with Crippen LogP contribution in [0.4, 0.5) is 13.6 Å². The number of ether oxygens (including phenoxy) is 2. The van der Waals surface area contributed by atoms with Crippen LogP contribution >= 0.6 is 11.6 Å². The summed E-state index contributed by atoms with van der Waals surface area (Å²) in [6.45, 7) is 17.3. The maximum absolute atomic E-state index is 13.5. The molecule has 48 heavy (non-hydrogen) atoms. The van der Waals surface area contributed by atoms with Crippen LogP contribution in [0.15, 0.2) is 48.8 Å². The Hall–Kier alpha value is -3.61. The molecule has 2 atom stereocenters. The third-order valence-electron chi connectivity index (χ3n) is 8.89. The molecule has 0 radical (unpaired) electrons. The van der Waals surface area contributed by atoms with Crippen LogP contribution in [0.1, 0.15) is 91.1 Å². The predicted molar refractivity (Wildman–Crippen MR) is 185 cm³/mol. The van der Waals surface area contributed by atoms with Gasteiger partial charge in [-0.15, -0.1) is 0 Å². The molecule has 0 fully saturated rings. The second-order valence-electron chi connectivity index (χ2n) is 15.2. The van der Waals surface area contributed by atoms with Crippen molar-refractivity contribution in [1.82, 2.24) is 24.8 Å². The van der Waals surface area contributed by atoms with Crippen LogP contribution in [0.3, 0.4) is 0 Å². The van der Waals surface area contributed by atoms with Crippen LogP contribution in [0.5, 0.6) is 5.75 Å². The molecule has 1 aliphatic rings. The summed E-state index contributed by atoms with van der Waals surface area (Å²) in [5, 5.41) is 3.20. The molecule has 5 rings (SSSR count). The van der Waals surface area contributed by atoms with Gasteiger partial charge in [-0.3, -0.25) is 0 Å². The summed E-state index contributed by atoms with van der Waals surface area (Å²) in [4.78, 5) is 27.2. The summed E-state index contributed by atoms with van der Waals surface area (Å²) >= 11 is 6.67. The Bertz CT molecular complexity index is 1820. The Morgan fingerprint density at radius 1 is 1.02 bits per heavy atom. The molecule has 0 saturated carbocycles. The number of hydrogen-bond acceptors (Lipinski definition) is 7. The number of nitrogens with one attached hydrogen (secondary N) is 1. The van der Waals surface area contributed by atoms with E-state index in [0.29, 0.717) is 22.7 Å². The molecule has 1 unspecified atom stereocenters. The standard InChI is InChI=1S/C35H44ClF2N5O4Si/c1-33(2,3)46-32(44)42-24-17-26(28-22(36)12-11-13-27(28)45-31(37)38)43-25-16-20(14-15-23(25)41-29(24)43)21-18-39-30(40-19-21)35(7,8)47-48(9,10)34(4,5)6/h11-16,18-19,24,26,31H,17H2,1-10H3,(H,42,44)/t24-,26?/m1/s1. The molecule has 1 aliphatic heterocycles. The minimum Gasteiger partial charge on any atom is -0.444 e. The van der Waals surface area contributed by atoms with Crippen LogP contribution in [-0.2, 0) is 14.8 Å². The van der Waals surface area contributed by atoms with Crippen molar-refractivity contribution in [2.45, 2.75) is 110 Å². The van der Waals surface area contributed by atoms with Gasteiger partial charge in [0.15, 0.2) is 14.1 Å². The van der Waals surface area contributed by atoms with Gasteiger partial charge in [0, 0.05) is 35.0 Å². The highest BCUT2D eigenvalue weighted by Crippen LogP contribution is 2.47. The van der Waals surface area contributed by atoms with Crippen molar-refractivity contribution in [3.05, 3.63) is 71.0 Å². The van der Waals surface area contributed by atoms with Crippen molar-refractivity contribution in [2.24, 2.45) is 0 Å². The summed E-state index contributed by atoms with van der Waals surface area (Å²) in [5.74, 6) is 1.08. The first-order valence-electron chi connectivity index (χ1n) is 15.9. The summed E-state index contributed by atoms with van der Waals surface area (Å²) in [6, 6.07) is 9.21. The second kappa shape index (κ2) is 12.7. The van der Waals surface area contributed by atoms with Gasteiger partial charge in [-0.1, -0.05) is 44.5 Å². The van der Waals surface area contributed by atoms with E-state index < -0.39 is 44.3 Å². The van der Waals surface area contributed by atoms with Crippen molar-refractivity contribution >= 4 is 37.0 Å². The van der Waals surface area contributed by atoms with Crippen molar-refractivity contribution in [3.63, 3.8) is 0 Å². The smallest absolute Gasteiger partial charge is 0.408 e. The van der Waals surface area contributed by atoms with E-state index in [1.54, 1.807) is 45.3 Å². The lowest BCUT2D eigenvalue weighted by Gasteiger charge is -2.42. The molecule has 0 saturated heterocycles. The molecule has 1 N–H and O–H groups in total. The summed E-state index contributed by atoms with van der Waals surface area (Å²) in [7, 11) is -2.10. The van der Waals surface area contributed by atoms with Gasteiger partial charge < -0.3 is 23.8 Å². The lowest BCUT2D eigenvalue weighted by molar-refractivity contribution is -0.0506. The molecule has 13 heteroatoms. The lowest BCUT2D eigenvalue weighted by Crippen LogP contribution is -2.46. The molecule has 1 amide bonds. The summed E-state index contributed by atoms with van der Waals surface area (Å²) in [6.07, 6.45) is 3.21. The van der Waals surface area contributed by atoms with Crippen molar-refractivity contribution in [1.29, 1.82) is 0 Å². The molecule has 2 aromatic heterocycles. The number of alkyl carbamates (subject to hydrolysis) is 1. The Labute approximate surface area is 286 Å². The fraction of sp³-hybridized carbons (Fsp3) is 0.486. The number of halogens is 3. The molecule has 2 aromatic carbocycles. The first kappa shape index (κ1) is 35.7. The number of amides is 1. The zero-order chi connectivity index (χ0) is 35.4. The number of hydrogen-bond donors (Lipinski definition) is 1. The molecule has 0 spiro atoms. The molecular weight excluding hydrogens is 656 g/mol. The average molecular weight is 700 g/mol. The highest BCUT2D eigenvalue weighted by atomic mass is 35.5. The fourth-order valence-electron chi connectivity index (χ4n) is 5.78. The van der Waals surface area contributed by atoms with Crippen LogP contribution in [-0.4, -0.2) is 46.1 Å². The maximum atomic E-state index is 13.5. The van der Waals surface area contributed by atoms with E-state index in [1.165, 1.54) is 6.07 Å². The lowest BCUT2D eigenvalue weighted by atomic mass is 10.0. The van der Waals surface area contributed by atoms with Gasteiger partial charge in [-0.2, -0.15) is 8.78 Å². The number of benzene rings is 2. The number of carbonyl (C=O) groups excluding carboxylic acids is 1. The fourth-order valence-corrected chi connectivity index (χ4v) is 7.75. The Kier molecular flexibility index (Phi) is 9.43. The van der Waals surface area contributed by atoms with Gasteiger partial charge in [0.25, 0.3) is 0 Å². The van der Waals surface area contributed by atoms with E-state index in [9.17, 15) is 13.6 Å². The third-order valence-corrected chi connectivity index (χ3v) is 13.9.